The average Bonchev–Trinajstić information content (AvgIpc) is 2.43. The Morgan fingerprint density at radius 1 is 1.14 bits per heavy atom. The molecule has 1 aromatic rings. The Morgan fingerprint density at radius 2 is 1.77 bits per heavy atom. The van der Waals surface area contributed by atoms with Crippen LogP contribution >= 0.6 is 0 Å². The second-order valence-electron chi connectivity index (χ2n) is 6.40. The van der Waals surface area contributed by atoms with E-state index in [1.165, 1.54) is 0 Å². The van der Waals surface area contributed by atoms with Gasteiger partial charge in [0.15, 0.2) is 0 Å². The van der Waals surface area contributed by atoms with Crippen LogP contribution in [0, 0.1) is 0 Å². The zero-order valence-electron chi connectivity index (χ0n) is 14.7. The van der Waals surface area contributed by atoms with Gasteiger partial charge in [-0.25, -0.2) is 4.79 Å². The van der Waals surface area contributed by atoms with E-state index in [0.29, 0.717) is 17.9 Å². The van der Waals surface area contributed by atoms with Crippen LogP contribution in [0.15, 0.2) is 18.2 Å². The van der Waals surface area contributed by atoms with Gasteiger partial charge in [-0.05, 0) is 52.7 Å². The Morgan fingerprint density at radius 3 is 2.27 bits per heavy atom. The Bertz CT molecular complexity index is 488. The molecular formula is C18H29NO3. The number of benzene rings is 1. The maximum absolute atomic E-state index is 12.0. The lowest BCUT2D eigenvalue weighted by molar-refractivity contribution is 0.0525. The summed E-state index contributed by atoms with van der Waals surface area (Å²) in [6, 6.07) is 5.50. The third kappa shape index (κ3) is 5.96. The van der Waals surface area contributed by atoms with Crippen molar-refractivity contribution in [3.05, 3.63) is 23.8 Å². The van der Waals surface area contributed by atoms with Gasteiger partial charge in [0.25, 0.3) is 0 Å². The summed E-state index contributed by atoms with van der Waals surface area (Å²) in [6.07, 6.45) is 2.02. The number of carbonyl (C=O) groups excluding carboxylic acids is 1. The van der Waals surface area contributed by atoms with Gasteiger partial charge in [0.2, 0.25) is 0 Å². The maximum Gasteiger partial charge on any atom is 0.338 e. The number of rotatable bonds is 7. The van der Waals surface area contributed by atoms with E-state index in [4.69, 9.17) is 9.47 Å². The van der Waals surface area contributed by atoms with Gasteiger partial charge in [0.1, 0.15) is 5.75 Å². The lowest BCUT2D eigenvalue weighted by Gasteiger charge is -2.24. The van der Waals surface area contributed by atoms with Gasteiger partial charge in [-0.15, -0.1) is 0 Å². The third-order valence-electron chi connectivity index (χ3n) is 3.15. The van der Waals surface area contributed by atoms with Crippen LogP contribution in [-0.4, -0.2) is 24.2 Å². The van der Waals surface area contributed by atoms with Crippen molar-refractivity contribution in [2.24, 2.45) is 0 Å². The first-order chi connectivity index (χ1) is 10.3. The Balaban J connectivity index is 3.11. The fourth-order valence-electron chi connectivity index (χ4n) is 2.15. The average molecular weight is 307 g/mol. The highest BCUT2D eigenvalue weighted by molar-refractivity contribution is 5.91. The van der Waals surface area contributed by atoms with Crippen LogP contribution in [0.3, 0.4) is 0 Å². The number of carbonyl (C=O) groups is 1. The SMILES string of the molecule is CCOC(=O)c1cc(NC(C)(C)C)cc(OC(CC)CC)c1. The van der Waals surface area contributed by atoms with E-state index < -0.39 is 0 Å². The van der Waals surface area contributed by atoms with Crippen LogP contribution < -0.4 is 10.1 Å². The quantitative estimate of drug-likeness (QED) is 0.745. The summed E-state index contributed by atoms with van der Waals surface area (Å²) in [5.74, 6) is 0.375. The van der Waals surface area contributed by atoms with Gasteiger partial charge in [0.05, 0.1) is 18.3 Å². The van der Waals surface area contributed by atoms with Gasteiger partial charge in [-0.3, -0.25) is 0 Å². The lowest BCUT2D eigenvalue weighted by Crippen LogP contribution is -2.26. The predicted octanol–water partition coefficient (Wildman–Crippen LogP) is 4.64. The maximum atomic E-state index is 12.0. The molecule has 1 aromatic carbocycles. The highest BCUT2D eigenvalue weighted by Crippen LogP contribution is 2.26. The van der Waals surface area contributed by atoms with E-state index in [-0.39, 0.29) is 17.6 Å². The Labute approximate surface area is 134 Å². The Kier molecular flexibility index (Phi) is 6.72. The summed E-state index contributed by atoms with van der Waals surface area (Å²) in [6.45, 7) is 12.6. The van der Waals surface area contributed by atoms with Gasteiger partial charge < -0.3 is 14.8 Å². The summed E-state index contributed by atoms with van der Waals surface area (Å²) in [5.41, 5.74) is 1.27. The molecule has 1 N–H and O–H groups in total. The third-order valence-corrected chi connectivity index (χ3v) is 3.15. The zero-order chi connectivity index (χ0) is 16.8. The molecule has 1 rings (SSSR count). The molecule has 0 aliphatic carbocycles. The molecule has 0 spiro atoms. The van der Waals surface area contributed by atoms with Gasteiger partial charge in [-0.2, -0.15) is 0 Å². The van der Waals surface area contributed by atoms with Crippen LogP contribution in [0.2, 0.25) is 0 Å². The predicted molar refractivity (Wildman–Crippen MR) is 90.8 cm³/mol. The summed E-state index contributed by atoms with van der Waals surface area (Å²) in [5, 5.41) is 3.38. The molecule has 0 fully saturated rings. The molecule has 4 heteroatoms. The fourth-order valence-corrected chi connectivity index (χ4v) is 2.15. The molecule has 0 bridgehead atoms. The number of esters is 1. The summed E-state index contributed by atoms with van der Waals surface area (Å²) < 4.78 is 11.1. The number of hydrogen-bond donors (Lipinski definition) is 1. The molecule has 4 nitrogen and oxygen atoms in total. The minimum Gasteiger partial charge on any atom is -0.490 e. The number of ether oxygens (including phenoxy) is 2. The monoisotopic (exact) mass is 307 g/mol. The van der Waals surface area contributed by atoms with Crippen molar-refractivity contribution in [1.82, 2.24) is 0 Å². The van der Waals surface area contributed by atoms with E-state index in [0.717, 1.165) is 18.5 Å². The largest absolute Gasteiger partial charge is 0.490 e. The first-order valence-corrected chi connectivity index (χ1v) is 8.06. The molecular weight excluding hydrogens is 278 g/mol. The van der Waals surface area contributed by atoms with Crippen molar-refractivity contribution in [3.63, 3.8) is 0 Å². The molecule has 124 valence electrons. The van der Waals surface area contributed by atoms with Crippen molar-refractivity contribution in [3.8, 4) is 5.75 Å². The first-order valence-electron chi connectivity index (χ1n) is 8.06. The summed E-state index contributed by atoms with van der Waals surface area (Å²) in [4.78, 5) is 12.0. The van der Waals surface area contributed by atoms with Gasteiger partial charge in [0, 0.05) is 17.3 Å². The van der Waals surface area contributed by atoms with Crippen molar-refractivity contribution in [2.75, 3.05) is 11.9 Å². The number of anilines is 1. The van der Waals surface area contributed by atoms with Crippen molar-refractivity contribution in [2.45, 2.75) is 66.0 Å². The minimum absolute atomic E-state index is 0.0977. The second-order valence-corrected chi connectivity index (χ2v) is 6.40. The van der Waals surface area contributed by atoms with E-state index in [2.05, 4.69) is 39.9 Å². The number of nitrogens with one attached hydrogen (secondary N) is 1. The molecule has 0 amide bonds. The highest BCUT2D eigenvalue weighted by Gasteiger charge is 2.16. The molecule has 22 heavy (non-hydrogen) atoms. The van der Waals surface area contributed by atoms with Crippen LogP contribution in [0.4, 0.5) is 5.69 Å². The summed E-state index contributed by atoms with van der Waals surface area (Å²) >= 11 is 0. The zero-order valence-corrected chi connectivity index (χ0v) is 14.7. The molecule has 0 heterocycles. The van der Waals surface area contributed by atoms with Crippen molar-refractivity contribution >= 4 is 11.7 Å². The van der Waals surface area contributed by atoms with Crippen molar-refractivity contribution in [1.29, 1.82) is 0 Å². The second kappa shape index (κ2) is 8.06. The van der Waals surface area contributed by atoms with Gasteiger partial charge in [-0.1, -0.05) is 13.8 Å². The van der Waals surface area contributed by atoms with E-state index in [1.54, 1.807) is 13.0 Å². The standard InChI is InChI=1S/C18H29NO3/c1-7-15(8-2)22-16-11-13(17(20)21-9-3)10-14(12-16)19-18(4,5)6/h10-12,15,19H,7-9H2,1-6H3. The first kappa shape index (κ1) is 18.3. The molecule has 0 radical (unpaired) electrons. The number of hydrogen-bond acceptors (Lipinski definition) is 4. The van der Waals surface area contributed by atoms with E-state index in [1.807, 2.05) is 12.1 Å². The topological polar surface area (TPSA) is 47.6 Å². The smallest absolute Gasteiger partial charge is 0.338 e. The molecule has 0 aromatic heterocycles. The van der Waals surface area contributed by atoms with Crippen LogP contribution in [-0.2, 0) is 4.74 Å². The molecule has 0 aliphatic heterocycles. The molecule has 0 saturated carbocycles. The minimum atomic E-state index is -0.325. The lowest BCUT2D eigenvalue weighted by atomic mass is 10.1. The van der Waals surface area contributed by atoms with Crippen LogP contribution in [0.25, 0.3) is 0 Å². The van der Waals surface area contributed by atoms with Crippen molar-refractivity contribution < 1.29 is 14.3 Å². The van der Waals surface area contributed by atoms with E-state index in [9.17, 15) is 4.79 Å². The summed E-state index contributed by atoms with van der Waals surface area (Å²) in [7, 11) is 0. The molecule has 0 atom stereocenters. The molecule has 0 aliphatic rings. The van der Waals surface area contributed by atoms with Crippen LogP contribution in [0.5, 0.6) is 5.75 Å². The van der Waals surface area contributed by atoms with Crippen LogP contribution in [0.1, 0.15) is 64.7 Å². The molecule has 0 saturated heterocycles. The van der Waals surface area contributed by atoms with Gasteiger partial charge >= 0.3 is 5.97 Å². The Hall–Kier alpha value is -1.71. The normalized spacial score (nSPS) is 11.4. The fraction of sp³-hybridized carbons (Fsp3) is 0.611. The van der Waals surface area contributed by atoms with E-state index >= 15 is 0 Å². The highest BCUT2D eigenvalue weighted by atomic mass is 16.5. The molecule has 0 unspecified atom stereocenters.